The summed E-state index contributed by atoms with van der Waals surface area (Å²) in [5.41, 5.74) is 3.61. The summed E-state index contributed by atoms with van der Waals surface area (Å²) in [6.07, 6.45) is -0.236. The summed E-state index contributed by atoms with van der Waals surface area (Å²) in [6.45, 7) is 3.82. The van der Waals surface area contributed by atoms with Gasteiger partial charge in [-0.05, 0) is 48.7 Å². The predicted molar refractivity (Wildman–Crippen MR) is 77.5 cm³/mol. The molecule has 1 atom stereocenters. The Morgan fingerprint density at radius 1 is 1.15 bits per heavy atom. The summed E-state index contributed by atoms with van der Waals surface area (Å²) in [5, 5.41) is 10.4. The van der Waals surface area contributed by atoms with E-state index in [2.05, 4.69) is 0 Å². The number of benzene rings is 2. The van der Waals surface area contributed by atoms with Crippen molar-refractivity contribution in [2.24, 2.45) is 0 Å². The number of aliphatic hydroxyl groups excluding tert-OH is 1. The zero-order valence-corrected chi connectivity index (χ0v) is 12.0. The molecule has 0 aromatic heterocycles. The van der Waals surface area contributed by atoms with E-state index in [1.54, 1.807) is 13.2 Å². The number of ether oxygens (including phenoxy) is 1. The molecule has 3 heteroatoms. The van der Waals surface area contributed by atoms with Crippen molar-refractivity contribution in [2.45, 2.75) is 26.4 Å². The Kier molecular flexibility index (Phi) is 4.40. The van der Waals surface area contributed by atoms with E-state index in [1.807, 2.05) is 32.0 Å². The summed E-state index contributed by atoms with van der Waals surface area (Å²) in [7, 11) is 1.59. The van der Waals surface area contributed by atoms with Crippen molar-refractivity contribution in [1.82, 2.24) is 0 Å². The summed E-state index contributed by atoms with van der Waals surface area (Å²) in [6, 6.07) is 10.3. The summed E-state index contributed by atoms with van der Waals surface area (Å²) in [5.74, 6) is 0.422. The van der Waals surface area contributed by atoms with Crippen LogP contribution in [0.1, 0.15) is 28.4 Å². The molecule has 1 N–H and O–H groups in total. The first-order valence-electron chi connectivity index (χ1n) is 6.59. The highest BCUT2D eigenvalue weighted by molar-refractivity contribution is 5.40. The fourth-order valence-corrected chi connectivity index (χ4v) is 2.30. The lowest BCUT2D eigenvalue weighted by molar-refractivity contribution is 0.174. The number of rotatable bonds is 4. The molecular formula is C17H19FO2. The van der Waals surface area contributed by atoms with Crippen LogP contribution in [0, 0.1) is 19.7 Å². The summed E-state index contributed by atoms with van der Waals surface area (Å²) < 4.78 is 18.4. The van der Waals surface area contributed by atoms with Crippen LogP contribution in [0.3, 0.4) is 0 Å². The van der Waals surface area contributed by atoms with E-state index in [9.17, 15) is 9.50 Å². The number of aryl methyl sites for hydroxylation is 2. The van der Waals surface area contributed by atoms with Gasteiger partial charge in [-0.3, -0.25) is 0 Å². The third-order valence-corrected chi connectivity index (χ3v) is 3.47. The van der Waals surface area contributed by atoms with E-state index >= 15 is 0 Å². The van der Waals surface area contributed by atoms with Crippen molar-refractivity contribution in [1.29, 1.82) is 0 Å². The molecule has 106 valence electrons. The van der Waals surface area contributed by atoms with Gasteiger partial charge in [0.15, 0.2) is 0 Å². The number of hydrogen-bond donors (Lipinski definition) is 1. The monoisotopic (exact) mass is 274 g/mol. The smallest absolute Gasteiger partial charge is 0.124 e. The molecule has 0 bridgehead atoms. The van der Waals surface area contributed by atoms with Crippen molar-refractivity contribution in [3.8, 4) is 5.75 Å². The SMILES string of the molecule is COc1cc(C)ccc1C(O)Cc1ccc(F)cc1C. The minimum atomic E-state index is -0.672. The van der Waals surface area contributed by atoms with E-state index in [0.717, 1.165) is 22.3 Å². The highest BCUT2D eigenvalue weighted by Gasteiger charge is 2.15. The fraction of sp³-hybridized carbons (Fsp3) is 0.294. The van der Waals surface area contributed by atoms with Crippen LogP contribution in [0.2, 0.25) is 0 Å². The van der Waals surface area contributed by atoms with Crippen LogP contribution in [-0.4, -0.2) is 12.2 Å². The van der Waals surface area contributed by atoms with Crippen LogP contribution >= 0.6 is 0 Å². The highest BCUT2D eigenvalue weighted by Crippen LogP contribution is 2.29. The molecule has 0 fully saturated rings. The number of hydrogen-bond acceptors (Lipinski definition) is 2. The minimum absolute atomic E-state index is 0.256. The maximum absolute atomic E-state index is 13.1. The Labute approximate surface area is 118 Å². The quantitative estimate of drug-likeness (QED) is 0.920. The Balaban J connectivity index is 2.25. The standard InChI is InChI=1S/C17H19FO2/c1-11-4-7-15(17(8-11)20-3)16(19)10-13-5-6-14(18)9-12(13)2/h4-9,16,19H,10H2,1-3H3. The molecular weight excluding hydrogens is 255 g/mol. The Hall–Kier alpha value is -1.87. The van der Waals surface area contributed by atoms with Gasteiger partial charge in [-0.15, -0.1) is 0 Å². The highest BCUT2D eigenvalue weighted by atomic mass is 19.1. The van der Waals surface area contributed by atoms with Crippen molar-refractivity contribution < 1.29 is 14.2 Å². The number of aliphatic hydroxyl groups is 1. The van der Waals surface area contributed by atoms with Crippen molar-refractivity contribution in [3.05, 3.63) is 64.5 Å². The van der Waals surface area contributed by atoms with E-state index in [4.69, 9.17) is 4.74 Å². The average Bonchev–Trinajstić information content (AvgIpc) is 2.41. The van der Waals surface area contributed by atoms with Crippen molar-refractivity contribution >= 4 is 0 Å². The van der Waals surface area contributed by atoms with Crippen molar-refractivity contribution in [3.63, 3.8) is 0 Å². The molecule has 2 rings (SSSR count). The van der Waals surface area contributed by atoms with Crippen LogP contribution in [0.5, 0.6) is 5.75 Å². The predicted octanol–water partition coefficient (Wildman–Crippen LogP) is 3.73. The lowest BCUT2D eigenvalue weighted by atomic mass is 9.97. The molecule has 0 heterocycles. The lowest BCUT2D eigenvalue weighted by Gasteiger charge is -2.16. The van der Waals surface area contributed by atoms with Crippen molar-refractivity contribution in [2.75, 3.05) is 7.11 Å². The molecule has 0 aliphatic rings. The Morgan fingerprint density at radius 3 is 2.55 bits per heavy atom. The molecule has 0 radical (unpaired) electrons. The zero-order chi connectivity index (χ0) is 14.7. The Bertz CT molecular complexity index is 608. The molecule has 0 saturated heterocycles. The number of methoxy groups -OCH3 is 1. The summed E-state index contributed by atoms with van der Waals surface area (Å²) in [4.78, 5) is 0. The van der Waals surface area contributed by atoms with Crippen LogP contribution in [0.15, 0.2) is 36.4 Å². The van der Waals surface area contributed by atoms with Crippen LogP contribution < -0.4 is 4.74 Å². The van der Waals surface area contributed by atoms with Gasteiger partial charge in [-0.25, -0.2) is 4.39 Å². The van der Waals surface area contributed by atoms with Gasteiger partial charge in [0.1, 0.15) is 11.6 Å². The molecule has 2 nitrogen and oxygen atoms in total. The third kappa shape index (κ3) is 3.17. The van der Waals surface area contributed by atoms with Gasteiger partial charge >= 0.3 is 0 Å². The van der Waals surface area contributed by atoms with Gasteiger partial charge in [-0.1, -0.05) is 18.2 Å². The second kappa shape index (κ2) is 6.06. The topological polar surface area (TPSA) is 29.5 Å². The van der Waals surface area contributed by atoms with Gasteiger partial charge < -0.3 is 9.84 Å². The van der Waals surface area contributed by atoms with E-state index in [1.165, 1.54) is 12.1 Å². The van der Waals surface area contributed by atoms with Gasteiger partial charge in [-0.2, -0.15) is 0 Å². The first kappa shape index (κ1) is 14.5. The molecule has 0 saturated carbocycles. The minimum Gasteiger partial charge on any atom is -0.496 e. The first-order chi connectivity index (χ1) is 9.51. The van der Waals surface area contributed by atoms with Crippen LogP contribution in [0.4, 0.5) is 4.39 Å². The lowest BCUT2D eigenvalue weighted by Crippen LogP contribution is -2.05. The molecule has 1 unspecified atom stereocenters. The molecule has 0 aliphatic heterocycles. The average molecular weight is 274 g/mol. The second-order valence-electron chi connectivity index (χ2n) is 5.04. The molecule has 20 heavy (non-hydrogen) atoms. The zero-order valence-electron chi connectivity index (χ0n) is 12.0. The van der Waals surface area contributed by atoms with E-state index in [-0.39, 0.29) is 5.82 Å². The molecule has 0 spiro atoms. The van der Waals surface area contributed by atoms with Gasteiger partial charge in [0.2, 0.25) is 0 Å². The molecule has 2 aromatic rings. The van der Waals surface area contributed by atoms with Crippen LogP contribution in [0.25, 0.3) is 0 Å². The normalized spacial score (nSPS) is 12.2. The molecule has 0 amide bonds. The van der Waals surface area contributed by atoms with E-state index < -0.39 is 6.10 Å². The summed E-state index contributed by atoms with van der Waals surface area (Å²) >= 11 is 0. The van der Waals surface area contributed by atoms with Gasteiger partial charge in [0.05, 0.1) is 13.2 Å². The number of halogens is 1. The maximum atomic E-state index is 13.1. The first-order valence-corrected chi connectivity index (χ1v) is 6.59. The van der Waals surface area contributed by atoms with Crippen LogP contribution in [-0.2, 0) is 6.42 Å². The van der Waals surface area contributed by atoms with Gasteiger partial charge in [0, 0.05) is 12.0 Å². The Morgan fingerprint density at radius 2 is 1.90 bits per heavy atom. The van der Waals surface area contributed by atoms with Gasteiger partial charge in [0.25, 0.3) is 0 Å². The second-order valence-corrected chi connectivity index (χ2v) is 5.04. The third-order valence-electron chi connectivity index (χ3n) is 3.47. The molecule has 2 aromatic carbocycles. The largest absolute Gasteiger partial charge is 0.496 e. The maximum Gasteiger partial charge on any atom is 0.124 e. The molecule has 0 aliphatic carbocycles. The fourth-order valence-electron chi connectivity index (χ4n) is 2.30. The van der Waals surface area contributed by atoms with E-state index in [0.29, 0.717) is 12.2 Å².